The molecule has 0 amide bonds. The maximum atomic E-state index is 11.4. The highest BCUT2D eigenvalue weighted by molar-refractivity contribution is 7.58. The molecule has 4 nitrogen and oxygen atoms in total. The smallest absolute Gasteiger partial charge is 0.340 e. The number of aliphatic hydroxyl groups is 1. The molecule has 0 aliphatic rings. The molecule has 0 radical (unpaired) electrons. The molecule has 0 aliphatic heterocycles. The van der Waals surface area contributed by atoms with Crippen LogP contribution in [0.15, 0.2) is 30.3 Å². The zero-order valence-electron chi connectivity index (χ0n) is 7.20. The van der Waals surface area contributed by atoms with Crippen molar-refractivity contribution in [2.45, 2.75) is 6.10 Å². The molecular weight excluding hydrogens is 203 g/mol. The molecule has 14 heavy (non-hydrogen) atoms. The summed E-state index contributed by atoms with van der Waals surface area (Å²) in [7, 11) is -1.95. The molecule has 1 aromatic rings. The van der Waals surface area contributed by atoms with Crippen LogP contribution in [0, 0.1) is 0 Å². The molecule has 0 heterocycles. The predicted octanol–water partition coefficient (Wildman–Crippen LogP) is -0.683. The van der Waals surface area contributed by atoms with Gasteiger partial charge >= 0.3 is 5.97 Å². The van der Waals surface area contributed by atoms with E-state index in [0.29, 0.717) is 5.30 Å². The van der Waals surface area contributed by atoms with Crippen LogP contribution in [0.5, 0.6) is 0 Å². The van der Waals surface area contributed by atoms with Gasteiger partial charge in [-0.1, -0.05) is 18.2 Å². The van der Waals surface area contributed by atoms with E-state index in [4.69, 9.17) is 10.2 Å². The minimum atomic E-state index is -1.95. The van der Waals surface area contributed by atoms with Gasteiger partial charge in [0.05, 0.1) is 7.77 Å². The lowest BCUT2D eigenvalue weighted by atomic mass is 10.4. The van der Waals surface area contributed by atoms with Gasteiger partial charge in [-0.3, -0.25) is 0 Å². The summed E-state index contributed by atoms with van der Waals surface area (Å²) in [6.07, 6.45) is -1.68. The monoisotopic (exact) mass is 212 g/mol. The van der Waals surface area contributed by atoms with Crippen molar-refractivity contribution in [3.8, 4) is 0 Å². The van der Waals surface area contributed by atoms with E-state index in [1.165, 1.54) is 0 Å². The van der Waals surface area contributed by atoms with Crippen LogP contribution >= 0.6 is 7.77 Å². The Balaban J connectivity index is 2.85. The lowest BCUT2D eigenvalue weighted by molar-refractivity contribution is -0.150. The van der Waals surface area contributed by atoms with Crippen LogP contribution < -0.4 is 10.2 Å². The molecule has 0 bridgehead atoms. The number of rotatable bonds is 3. The molecule has 0 fully saturated rings. The topological polar surface area (TPSA) is 80.6 Å². The van der Waals surface area contributed by atoms with Crippen LogP contribution in [0.2, 0.25) is 0 Å². The highest BCUT2D eigenvalue weighted by atomic mass is 31.1. The van der Waals surface area contributed by atoms with Crippen LogP contribution in [-0.2, 0) is 4.79 Å². The first kappa shape index (κ1) is 10.9. The van der Waals surface area contributed by atoms with Gasteiger partial charge in [0.15, 0.2) is 0 Å². The molecule has 1 rings (SSSR count). The van der Waals surface area contributed by atoms with Crippen LogP contribution in [0.3, 0.4) is 0 Å². The lowest BCUT2D eigenvalue weighted by Crippen LogP contribution is -2.22. The summed E-state index contributed by atoms with van der Waals surface area (Å²) in [6, 6.07) is 8.39. The zero-order valence-corrected chi connectivity index (χ0v) is 8.09. The van der Waals surface area contributed by atoms with Crippen molar-refractivity contribution >= 4 is 24.8 Å². The number of hydrogen-bond donors (Lipinski definition) is 2. The van der Waals surface area contributed by atoms with Crippen LogP contribution in [0.1, 0.15) is 0 Å². The van der Waals surface area contributed by atoms with Gasteiger partial charge < -0.3 is 15.1 Å². The van der Waals surface area contributed by atoms with Gasteiger partial charge in [0.2, 0.25) is 6.10 Å². The van der Waals surface area contributed by atoms with Crippen molar-refractivity contribution in [2.24, 2.45) is 0 Å². The standard InChI is InChI=1S/C9H9O4P/c10-8(9(11)12)6-14(13)7-4-2-1-3-5-7/h1-6,8,10H,(H,11,12). The van der Waals surface area contributed by atoms with Crippen LogP contribution in [0.4, 0.5) is 0 Å². The summed E-state index contributed by atoms with van der Waals surface area (Å²) < 4.78 is 0. The van der Waals surface area contributed by atoms with E-state index in [0.717, 1.165) is 5.80 Å². The number of aliphatic hydroxyl groups excluding tert-OH is 1. The molecule has 5 heteroatoms. The third-order valence-electron chi connectivity index (χ3n) is 1.54. The van der Waals surface area contributed by atoms with E-state index < -0.39 is 19.8 Å². The second-order valence-corrected chi connectivity index (χ2v) is 4.06. The number of aliphatic carboxylic acids is 1. The highest BCUT2D eigenvalue weighted by Gasteiger charge is 2.14. The van der Waals surface area contributed by atoms with Gasteiger partial charge in [0, 0.05) is 0 Å². The normalized spacial score (nSPS) is 13.7. The minimum absolute atomic E-state index is 0.503. The average molecular weight is 212 g/mol. The van der Waals surface area contributed by atoms with E-state index in [1.54, 1.807) is 30.3 Å². The predicted molar refractivity (Wildman–Crippen MR) is 52.7 cm³/mol. The van der Waals surface area contributed by atoms with Crippen molar-refractivity contribution in [3.05, 3.63) is 30.3 Å². The summed E-state index contributed by atoms with van der Waals surface area (Å²) >= 11 is 0. The van der Waals surface area contributed by atoms with Gasteiger partial charge in [-0.25, -0.2) is 4.79 Å². The van der Waals surface area contributed by atoms with Gasteiger partial charge in [0.1, 0.15) is 11.1 Å². The third-order valence-corrected chi connectivity index (χ3v) is 2.90. The Morgan fingerprint density at radius 2 is 2.00 bits per heavy atom. The molecule has 0 saturated carbocycles. The SMILES string of the molecule is O=C(O)C(O)C=[P+]([O-])c1ccccc1. The number of carboxylic acid groups (broad SMARTS) is 1. The number of carboxylic acids is 1. The second-order valence-electron chi connectivity index (χ2n) is 2.59. The minimum Gasteiger partial charge on any atom is -0.626 e. The first-order valence-corrected chi connectivity index (χ1v) is 5.21. The second kappa shape index (κ2) is 4.86. The van der Waals surface area contributed by atoms with E-state index in [1.807, 2.05) is 0 Å². The molecule has 0 aliphatic carbocycles. The van der Waals surface area contributed by atoms with Gasteiger partial charge in [-0.15, -0.1) is 0 Å². The first-order chi connectivity index (χ1) is 6.61. The Morgan fingerprint density at radius 3 is 2.50 bits per heavy atom. The summed E-state index contributed by atoms with van der Waals surface area (Å²) in [5, 5.41) is 17.8. The summed E-state index contributed by atoms with van der Waals surface area (Å²) in [5.74, 6) is -0.489. The summed E-state index contributed by atoms with van der Waals surface area (Å²) in [6.45, 7) is 0. The Morgan fingerprint density at radius 1 is 1.43 bits per heavy atom. The van der Waals surface area contributed by atoms with Crippen molar-refractivity contribution in [1.29, 1.82) is 0 Å². The molecule has 0 spiro atoms. The fourth-order valence-corrected chi connectivity index (χ4v) is 1.88. The molecule has 2 atom stereocenters. The Bertz CT molecular complexity index is 347. The van der Waals surface area contributed by atoms with Gasteiger partial charge in [-0.2, -0.15) is 0 Å². The van der Waals surface area contributed by atoms with Crippen molar-refractivity contribution in [3.63, 3.8) is 0 Å². The van der Waals surface area contributed by atoms with Crippen molar-refractivity contribution in [2.75, 3.05) is 0 Å². The third kappa shape index (κ3) is 2.92. The first-order valence-electron chi connectivity index (χ1n) is 3.88. The molecule has 1 aromatic carbocycles. The zero-order chi connectivity index (χ0) is 10.6. The summed E-state index contributed by atoms with van der Waals surface area (Å²) in [5.41, 5.74) is 0. The Kier molecular flexibility index (Phi) is 3.77. The van der Waals surface area contributed by atoms with E-state index in [-0.39, 0.29) is 0 Å². The van der Waals surface area contributed by atoms with Crippen LogP contribution in [0.25, 0.3) is 0 Å². The molecular formula is C9H9O4P. The van der Waals surface area contributed by atoms with Gasteiger partial charge in [0.25, 0.3) is 0 Å². The summed E-state index contributed by atoms with van der Waals surface area (Å²) in [4.78, 5) is 21.7. The maximum Gasteiger partial charge on any atom is 0.340 e. The quantitative estimate of drug-likeness (QED) is 0.650. The Hall–Kier alpha value is -1.22. The number of hydrogen-bond acceptors (Lipinski definition) is 3. The van der Waals surface area contributed by atoms with E-state index in [2.05, 4.69) is 0 Å². The van der Waals surface area contributed by atoms with Crippen LogP contribution in [-0.4, -0.2) is 28.1 Å². The van der Waals surface area contributed by atoms with E-state index in [9.17, 15) is 9.69 Å². The molecule has 0 saturated heterocycles. The van der Waals surface area contributed by atoms with E-state index >= 15 is 0 Å². The highest BCUT2D eigenvalue weighted by Crippen LogP contribution is 2.09. The molecule has 2 N–H and O–H groups in total. The fourth-order valence-electron chi connectivity index (χ4n) is 0.853. The Labute approximate surface area is 81.9 Å². The lowest BCUT2D eigenvalue weighted by Gasteiger charge is -1.99. The number of benzene rings is 1. The van der Waals surface area contributed by atoms with Gasteiger partial charge in [-0.05, 0) is 12.1 Å². The molecule has 0 aromatic heterocycles. The largest absolute Gasteiger partial charge is 0.626 e. The van der Waals surface area contributed by atoms with Crippen molar-refractivity contribution in [1.82, 2.24) is 0 Å². The average Bonchev–Trinajstić information content (AvgIpc) is 2.19. The molecule has 2 unspecified atom stereocenters. The fraction of sp³-hybridized carbons (Fsp3) is 0.111. The van der Waals surface area contributed by atoms with Crippen molar-refractivity contribution < 1.29 is 19.9 Å². The number of carbonyl (C=O) groups is 1. The maximum absolute atomic E-state index is 11.4. The molecule has 74 valence electrons.